The molecule has 0 aliphatic rings. The first-order chi connectivity index (χ1) is 18.9. The van der Waals surface area contributed by atoms with E-state index in [0.717, 1.165) is 16.7 Å². The Labute approximate surface area is 234 Å². The third kappa shape index (κ3) is 7.39. The van der Waals surface area contributed by atoms with Gasteiger partial charge in [0.2, 0.25) is 0 Å². The third-order valence-electron chi connectivity index (χ3n) is 6.37. The lowest BCUT2D eigenvalue weighted by Gasteiger charge is -2.26. The fraction of sp³-hybridized carbons (Fsp3) is 0.188. The SMILES string of the molecule is COc1cc(C=NNC(=O)COc2ccc(C(C)(C)c3ccccc3)cc2)ccc1OCc1ccccc1Cl. The maximum absolute atomic E-state index is 12.2. The maximum Gasteiger partial charge on any atom is 0.277 e. The molecule has 0 heterocycles. The lowest BCUT2D eigenvalue weighted by molar-refractivity contribution is -0.123. The second-order valence-corrected chi connectivity index (χ2v) is 9.79. The van der Waals surface area contributed by atoms with E-state index in [4.69, 9.17) is 25.8 Å². The second kappa shape index (κ2) is 13.0. The highest BCUT2D eigenvalue weighted by Gasteiger charge is 2.22. The first-order valence-electron chi connectivity index (χ1n) is 12.5. The van der Waals surface area contributed by atoms with Gasteiger partial charge in [-0.1, -0.05) is 86.1 Å². The molecule has 1 N–H and O–H groups in total. The quantitative estimate of drug-likeness (QED) is 0.167. The van der Waals surface area contributed by atoms with Crippen molar-refractivity contribution >= 4 is 23.7 Å². The smallest absolute Gasteiger partial charge is 0.277 e. The van der Waals surface area contributed by atoms with Crippen molar-refractivity contribution in [2.24, 2.45) is 5.10 Å². The molecule has 0 spiro atoms. The first kappa shape index (κ1) is 27.7. The largest absolute Gasteiger partial charge is 0.493 e. The molecule has 200 valence electrons. The molecule has 0 aromatic heterocycles. The number of rotatable bonds is 11. The molecule has 0 fully saturated rings. The number of carbonyl (C=O) groups excluding carboxylic acids is 1. The number of hydrogen-bond acceptors (Lipinski definition) is 5. The number of nitrogens with zero attached hydrogens (tertiary/aromatic N) is 1. The van der Waals surface area contributed by atoms with Crippen LogP contribution in [0.3, 0.4) is 0 Å². The molecule has 1 amide bonds. The van der Waals surface area contributed by atoms with Crippen LogP contribution in [-0.4, -0.2) is 25.8 Å². The molecule has 0 radical (unpaired) electrons. The minimum absolute atomic E-state index is 0.144. The molecule has 4 aromatic carbocycles. The Morgan fingerprint density at radius 1 is 0.872 bits per heavy atom. The van der Waals surface area contributed by atoms with Crippen molar-refractivity contribution in [3.05, 3.63) is 124 Å². The van der Waals surface area contributed by atoms with Gasteiger partial charge in [-0.25, -0.2) is 5.43 Å². The van der Waals surface area contributed by atoms with Gasteiger partial charge in [0, 0.05) is 16.0 Å². The summed E-state index contributed by atoms with van der Waals surface area (Å²) in [5.74, 6) is 1.36. The maximum atomic E-state index is 12.2. The second-order valence-electron chi connectivity index (χ2n) is 9.39. The number of hydrogen-bond donors (Lipinski definition) is 1. The highest BCUT2D eigenvalue weighted by molar-refractivity contribution is 6.31. The van der Waals surface area contributed by atoms with E-state index >= 15 is 0 Å². The molecule has 0 atom stereocenters. The normalized spacial score (nSPS) is 11.3. The Balaban J connectivity index is 1.27. The lowest BCUT2D eigenvalue weighted by atomic mass is 9.78. The van der Waals surface area contributed by atoms with Crippen LogP contribution in [-0.2, 0) is 16.8 Å². The monoisotopic (exact) mass is 542 g/mol. The van der Waals surface area contributed by atoms with Crippen LogP contribution in [0.25, 0.3) is 0 Å². The van der Waals surface area contributed by atoms with Gasteiger partial charge < -0.3 is 14.2 Å². The van der Waals surface area contributed by atoms with E-state index in [0.29, 0.717) is 28.9 Å². The number of ether oxygens (including phenoxy) is 3. The fourth-order valence-electron chi connectivity index (χ4n) is 4.00. The zero-order valence-electron chi connectivity index (χ0n) is 22.2. The zero-order chi connectivity index (χ0) is 27.7. The highest BCUT2D eigenvalue weighted by atomic mass is 35.5. The van der Waals surface area contributed by atoms with Gasteiger partial charge in [-0.3, -0.25) is 4.79 Å². The van der Waals surface area contributed by atoms with E-state index in [1.807, 2.05) is 72.8 Å². The van der Waals surface area contributed by atoms with Crippen molar-refractivity contribution in [2.75, 3.05) is 13.7 Å². The number of nitrogens with one attached hydrogen (secondary N) is 1. The van der Waals surface area contributed by atoms with Crippen LogP contribution in [0, 0.1) is 0 Å². The van der Waals surface area contributed by atoms with Gasteiger partial charge in [0.05, 0.1) is 13.3 Å². The van der Waals surface area contributed by atoms with Crippen molar-refractivity contribution in [3.63, 3.8) is 0 Å². The summed E-state index contributed by atoms with van der Waals surface area (Å²) >= 11 is 6.20. The van der Waals surface area contributed by atoms with Crippen molar-refractivity contribution in [2.45, 2.75) is 25.9 Å². The van der Waals surface area contributed by atoms with Crippen LogP contribution in [0.1, 0.15) is 36.1 Å². The van der Waals surface area contributed by atoms with E-state index in [9.17, 15) is 4.79 Å². The van der Waals surface area contributed by atoms with Gasteiger partial charge in [0.15, 0.2) is 18.1 Å². The minimum atomic E-state index is -0.369. The Morgan fingerprint density at radius 3 is 2.28 bits per heavy atom. The number of methoxy groups -OCH3 is 1. The summed E-state index contributed by atoms with van der Waals surface area (Å²) < 4.78 is 17.0. The average Bonchev–Trinajstić information content (AvgIpc) is 2.96. The van der Waals surface area contributed by atoms with Crippen LogP contribution in [0.2, 0.25) is 5.02 Å². The van der Waals surface area contributed by atoms with E-state index in [1.165, 1.54) is 11.8 Å². The first-order valence-corrected chi connectivity index (χ1v) is 12.9. The molecular weight excluding hydrogens is 512 g/mol. The van der Waals surface area contributed by atoms with E-state index < -0.39 is 0 Å². The van der Waals surface area contributed by atoms with Crippen LogP contribution in [0.15, 0.2) is 102 Å². The van der Waals surface area contributed by atoms with Crippen LogP contribution in [0.5, 0.6) is 17.2 Å². The summed E-state index contributed by atoms with van der Waals surface area (Å²) in [5.41, 5.74) is 6.34. The van der Waals surface area contributed by atoms with Crippen molar-refractivity contribution in [1.82, 2.24) is 5.43 Å². The highest BCUT2D eigenvalue weighted by Crippen LogP contribution is 2.32. The van der Waals surface area contributed by atoms with E-state index in [-0.39, 0.29) is 17.9 Å². The molecule has 0 aliphatic heterocycles. The number of carbonyl (C=O) groups is 1. The standard InChI is InChI=1S/C32H31ClN2O4/c1-32(2,25-10-5-4-6-11-25)26-14-16-27(17-15-26)38-22-31(36)35-34-20-23-13-18-29(30(19-23)37-3)39-21-24-9-7-8-12-28(24)33/h4-20H,21-22H2,1-3H3,(H,35,36). The molecule has 39 heavy (non-hydrogen) atoms. The summed E-state index contributed by atoms with van der Waals surface area (Å²) in [6, 6.07) is 31.0. The summed E-state index contributed by atoms with van der Waals surface area (Å²) in [6.07, 6.45) is 1.53. The van der Waals surface area contributed by atoms with Crippen molar-refractivity contribution < 1.29 is 19.0 Å². The Bertz CT molecular complexity index is 1420. The summed E-state index contributed by atoms with van der Waals surface area (Å²) in [7, 11) is 1.56. The molecule has 4 rings (SSSR count). The average molecular weight is 543 g/mol. The Morgan fingerprint density at radius 2 is 1.56 bits per heavy atom. The molecule has 7 heteroatoms. The lowest BCUT2D eigenvalue weighted by Crippen LogP contribution is -2.24. The number of halogens is 1. The van der Waals surface area contributed by atoms with Gasteiger partial charge in [-0.15, -0.1) is 0 Å². The summed E-state index contributed by atoms with van der Waals surface area (Å²) in [4.78, 5) is 12.2. The molecular formula is C32H31ClN2O4. The molecule has 0 unspecified atom stereocenters. The summed E-state index contributed by atoms with van der Waals surface area (Å²) in [5, 5.41) is 4.67. The predicted molar refractivity (Wildman–Crippen MR) is 155 cm³/mol. The van der Waals surface area contributed by atoms with Crippen LogP contribution in [0.4, 0.5) is 0 Å². The predicted octanol–water partition coefficient (Wildman–Crippen LogP) is 6.78. The van der Waals surface area contributed by atoms with Gasteiger partial charge in [0.1, 0.15) is 12.4 Å². The van der Waals surface area contributed by atoms with E-state index in [1.54, 1.807) is 19.2 Å². The van der Waals surface area contributed by atoms with Gasteiger partial charge in [-0.2, -0.15) is 5.10 Å². The van der Waals surface area contributed by atoms with Gasteiger partial charge in [-0.05, 0) is 53.1 Å². The zero-order valence-corrected chi connectivity index (χ0v) is 22.9. The number of hydrazone groups is 1. The Kier molecular flexibility index (Phi) is 9.23. The molecule has 4 aromatic rings. The minimum Gasteiger partial charge on any atom is -0.493 e. The number of benzene rings is 4. The van der Waals surface area contributed by atoms with E-state index in [2.05, 4.69) is 36.5 Å². The molecule has 0 saturated carbocycles. The molecule has 6 nitrogen and oxygen atoms in total. The van der Waals surface area contributed by atoms with Crippen LogP contribution >= 0.6 is 11.6 Å². The van der Waals surface area contributed by atoms with Crippen LogP contribution < -0.4 is 19.6 Å². The number of amides is 1. The topological polar surface area (TPSA) is 69.2 Å². The molecule has 0 aliphatic carbocycles. The van der Waals surface area contributed by atoms with Gasteiger partial charge in [0.25, 0.3) is 5.91 Å². The van der Waals surface area contributed by atoms with Crippen molar-refractivity contribution in [1.29, 1.82) is 0 Å². The van der Waals surface area contributed by atoms with Crippen molar-refractivity contribution in [3.8, 4) is 17.2 Å². The van der Waals surface area contributed by atoms with Gasteiger partial charge >= 0.3 is 0 Å². The molecule has 0 bridgehead atoms. The fourth-order valence-corrected chi connectivity index (χ4v) is 4.19. The molecule has 0 saturated heterocycles. The Hall–Kier alpha value is -4.29. The summed E-state index contributed by atoms with van der Waals surface area (Å²) in [6.45, 7) is 4.52. The third-order valence-corrected chi connectivity index (χ3v) is 6.74.